The summed E-state index contributed by atoms with van der Waals surface area (Å²) in [5, 5.41) is 23.3. The Balaban J connectivity index is 1.81. The number of hydrogen-bond donors (Lipinski definition) is 3. The zero-order valence-corrected chi connectivity index (χ0v) is 15.1. The van der Waals surface area contributed by atoms with Crippen LogP contribution >= 0.6 is 11.8 Å². The first-order chi connectivity index (χ1) is 11.6. The van der Waals surface area contributed by atoms with Gasteiger partial charge in [-0.1, -0.05) is 37.7 Å². The second-order valence-electron chi connectivity index (χ2n) is 6.42. The van der Waals surface area contributed by atoms with Crippen molar-refractivity contribution in [3.05, 3.63) is 47.5 Å². The summed E-state index contributed by atoms with van der Waals surface area (Å²) in [7, 11) is 0. The van der Waals surface area contributed by atoms with Crippen LogP contribution in [0.4, 0.5) is 11.4 Å². The molecule has 1 aliphatic rings. The van der Waals surface area contributed by atoms with Crippen LogP contribution in [0.3, 0.4) is 0 Å². The monoisotopic (exact) mass is 343 g/mol. The SMILES string of the molecule is CCC(O)Cc1ccc2c(c1)Nc1cc(CC(O)CC)ccc1S2. The molecule has 2 atom stereocenters. The summed E-state index contributed by atoms with van der Waals surface area (Å²) in [6.45, 7) is 4.00. The van der Waals surface area contributed by atoms with Crippen LogP contribution in [0, 0.1) is 0 Å². The van der Waals surface area contributed by atoms with E-state index in [0.717, 1.165) is 35.3 Å². The zero-order chi connectivity index (χ0) is 17.1. The Labute approximate surface area is 148 Å². The smallest absolute Gasteiger partial charge is 0.0578 e. The van der Waals surface area contributed by atoms with Crippen molar-refractivity contribution in [2.45, 2.75) is 61.5 Å². The van der Waals surface area contributed by atoms with Crippen LogP contribution < -0.4 is 5.32 Å². The summed E-state index contributed by atoms with van der Waals surface area (Å²) < 4.78 is 0. The predicted octanol–water partition coefficient (Wildman–Crippen LogP) is 4.52. The van der Waals surface area contributed by atoms with Crippen molar-refractivity contribution in [1.29, 1.82) is 0 Å². The Morgan fingerprint density at radius 2 is 1.29 bits per heavy atom. The number of rotatable bonds is 6. The summed E-state index contributed by atoms with van der Waals surface area (Å²) >= 11 is 1.76. The molecule has 0 bridgehead atoms. The largest absolute Gasteiger partial charge is 0.393 e. The second-order valence-corrected chi connectivity index (χ2v) is 7.50. The Bertz CT molecular complexity index is 657. The molecule has 1 aliphatic heterocycles. The molecule has 2 aromatic rings. The van der Waals surface area contributed by atoms with E-state index in [9.17, 15) is 10.2 Å². The fraction of sp³-hybridized carbons (Fsp3) is 0.400. The average molecular weight is 343 g/mol. The van der Waals surface area contributed by atoms with Crippen LogP contribution in [0.15, 0.2) is 46.2 Å². The molecule has 4 heteroatoms. The van der Waals surface area contributed by atoms with Crippen molar-refractivity contribution in [1.82, 2.24) is 0 Å². The molecule has 2 aromatic carbocycles. The van der Waals surface area contributed by atoms with Gasteiger partial charge in [-0.25, -0.2) is 0 Å². The van der Waals surface area contributed by atoms with Gasteiger partial charge in [-0.2, -0.15) is 0 Å². The van der Waals surface area contributed by atoms with E-state index in [2.05, 4.69) is 41.7 Å². The topological polar surface area (TPSA) is 52.5 Å². The van der Waals surface area contributed by atoms with E-state index in [4.69, 9.17) is 0 Å². The van der Waals surface area contributed by atoms with Gasteiger partial charge < -0.3 is 15.5 Å². The molecule has 0 saturated carbocycles. The van der Waals surface area contributed by atoms with Gasteiger partial charge in [0.2, 0.25) is 0 Å². The van der Waals surface area contributed by atoms with Gasteiger partial charge in [0.05, 0.1) is 23.6 Å². The summed E-state index contributed by atoms with van der Waals surface area (Å²) in [5.74, 6) is 0. The van der Waals surface area contributed by atoms with Crippen LogP contribution in [0.2, 0.25) is 0 Å². The van der Waals surface area contributed by atoms with Gasteiger partial charge in [0.1, 0.15) is 0 Å². The number of anilines is 2. The molecule has 3 rings (SSSR count). The molecular formula is C20H25NO2S. The first-order valence-corrected chi connectivity index (χ1v) is 9.47. The fourth-order valence-electron chi connectivity index (χ4n) is 2.88. The molecule has 0 aliphatic carbocycles. The maximum Gasteiger partial charge on any atom is 0.0578 e. The molecule has 1 heterocycles. The third-order valence-corrected chi connectivity index (χ3v) is 5.61. The molecule has 0 fully saturated rings. The Kier molecular flexibility index (Phi) is 5.49. The first kappa shape index (κ1) is 17.3. The van der Waals surface area contributed by atoms with Crippen LogP contribution in [0.25, 0.3) is 0 Å². The molecule has 0 aromatic heterocycles. The normalized spacial score (nSPS) is 15.2. The lowest BCUT2D eigenvalue weighted by molar-refractivity contribution is 0.170. The second kappa shape index (κ2) is 7.60. The molecule has 0 spiro atoms. The lowest BCUT2D eigenvalue weighted by atomic mass is 10.0. The number of fused-ring (bicyclic) bond motifs is 2. The minimum Gasteiger partial charge on any atom is -0.393 e. The van der Waals surface area contributed by atoms with E-state index >= 15 is 0 Å². The highest BCUT2D eigenvalue weighted by Gasteiger charge is 2.17. The lowest BCUT2D eigenvalue weighted by Crippen LogP contribution is -2.10. The van der Waals surface area contributed by atoms with Gasteiger partial charge in [-0.15, -0.1) is 0 Å². The molecule has 3 N–H and O–H groups in total. The number of aliphatic hydroxyl groups is 2. The van der Waals surface area contributed by atoms with Gasteiger partial charge in [-0.05, 0) is 61.1 Å². The third-order valence-electron chi connectivity index (χ3n) is 4.46. The molecule has 2 unspecified atom stereocenters. The van der Waals surface area contributed by atoms with Crippen molar-refractivity contribution in [2.75, 3.05) is 5.32 Å². The predicted molar refractivity (Wildman–Crippen MR) is 100 cm³/mol. The van der Waals surface area contributed by atoms with E-state index in [-0.39, 0.29) is 12.2 Å². The van der Waals surface area contributed by atoms with E-state index in [1.165, 1.54) is 9.79 Å². The van der Waals surface area contributed by atoms with Gasteiger partial charge in [0.25, 0.3) is 0 Å². The minimum atomic E-state index is -0.284. The average Bonchev–Trinajstić information content (AvgIpc) is 2.59. The molecule has 0 amide bonds. The summed E-state index contributed by atoms with van der Waals surface area (Å²) in [4.78, 5) is 2.41. The summed E-state index contributed by atoms with van der Waals surface area (Å²) in [6, 6.07) is 12.7. The Morgan fingerprint density at radius 3 is 1.71 bits per heavy atom. The number of benzene rings is 2. The van der Waals surface area contributed by atoms with Crippen molar-refractivity contribution in [2.24, 2.45) is 0 Å². The van der Waals surface area contributed by atoms with E-state index < -0.39 is 0 Å². The van der Waals surface area contributed by atoms with Crippen LogP contribution in [-0.2, 0) is 12.8 Å². The van der Waals surface area contributed by atoms with Crippen LogP contribution in [0.5, 0.6) is 0 Å². The molecule has 0 radical (unpaired) electrons. The fourth-order valence-corrected chi connectivity index (χ4v) is 3.83. The highest BCUT2D eigenvalue weighted by Crippen LogP contribution is 2.44. The standard InChI is InChI=1S/C20H25NO2S/c1-3-15(22)9-13-5-7-19-17(11-13)21-18-12-14(10-16(23)4-2)6-8-20(18)24-19/h5-8,11-12,15-16,21-23H,3-4,9-10H2,1-2H3. The van der Waals surface area contributed by atoms with Crippen LogP contribution in [-0.4, -0.2) is 22.4 Å². The maximum absolute atomic E-state index is 9.87. The van der Waals surface area contributed by atoms with Gasteiger partial charge >= 0.3 is 0 Å². The first-order valence-electron chi connectivity index (χ1n) is 8.66. The Morgan fingerprint density at radius 1 is 0.833 bits per heavy atom. The number of hydrogen-bond acceptors (Lipinski definition) is 4. The quantitative estimate of drug-likeness (QED) is 0.616. The number of nitrogens with one attached hydrogen (secondary N) is 1. The molecular weight excluding hydrogens is 318 g/mol. The van der Waals surface area contributed by atoms with Crippen molar-refractivity contribution < 1.29 is 10.2 Å². The highest BCUT2D eigenvalue weighted by molar-refractivity contribution is 7.99. The van der Waals surface area contributed by atoms with Crippen molar-refractivity contribution in [3.8, 4) is 0 Å². The molecule has 0 saturated heterocycles. The minimum absolute atomic E-state index is 0.284. The summed E-state index contributed by atoms with van der Waals surface area (Å²) in [6.07, 6.45) is 2.34. The lowest BCUT2D eigenvalue weighted by Gasteiger charge is -2.23. The van der Waals surface area contributed by atoms with Crippen molar-refractivity contribution >= 4 is 23.1 Å². The summed E-state index contributed by atoms with van der Waals surface area (Å²) in [5.41, 5.74) is 4.50. The molecule has 24 heavy (non-hydrogen) atoms. The number of aliphatic hydroxyl groups excluding tert-OH is 2. The van der Waals surface area contributed by atoms with Gasteiger partial charge in [0.15, 0.2) is 0 Å². The zero-order valence-electron chi connectivity index (χ0n) is 14.2. The maximum atomic E-state index is 9.87. The van der Waals surface area contributed by atoms with Crippen LogP contribution in [0.1, 0.15) is 37.8 Å². The van der Waals surface area contributed by atoms with Gasteiger partial charge in [-0.3, -0.25) is 0 Å². The molecule has 128 valence electrons. The Hall–Kier alpha value is -1.49. The third kappa shape index (κ3) is 3.94. The molecule has 3 nitrogen and oxygen atoms in total. The van der Waals surface area contributed by atoms with Crippen molar-refractivity contribution in [3.63, 3.8) is 0 Å². The van der Waals surface area contributed by atoms with E-state index in [0.29, 0.717) is 12.8 Å². The van der Waals surface area contributed by atoms with E-state index in [1.54, 1.807) is 11.8 Å². The van der Waals surface area contributed by atoms with E-state index in [1.807, 2.05) is 13.8 Å². The highest BCUT2D eigenvalue weighted by atomic mass is 32.2. The van der Waals surface area contributed by atoms with Gasteiger partial charge in [0, 0.05) is 9.79 Å².